The van der Waals surface area contributed by atoms with E-state index in [4.69, 9.17) is 0 Å². The SMILES string of the molecule is CC.CC.CC.CC1(C)CC2c3ccccc3C3CCN4CCCC1C4C32.[V]. The fourth-order valence-electron chi connectivity index (χ4n) is 6.69. The van der Waals surface area contributed by atoms with Crippen LogP contribution in [0.25, 0.3) is 0 Å². The fourth-order valence-corrected chi connectivity index (χ4v) is 6.69. The van der Waals surface area contributed by atoms with Gasteiger partial charge < -0.3 is 0 Å². The third-order valence-corrected chi connectivity index (χ3v) is 7.39. The van der Waals surface area contributed by atoms with Crippen molar-refractivity contribution in [2.24, 2.45) is 17.3 Å². The van der Waals surface area contributed by atoms with Gasteiger partial charge in [0.25, 0.3) is 0 Å². The van der Waals surface area contributed by atoms with Gasteiger partial charge in [-0.25, -0.2) is 0 Å². The molecule has 3 fully saturated rings. The maximum absolute atomic E-state index is 2.88. The first-order valence-corrected chi connectivity index (χ1v) is 12.0. The number of hydrogen-bond donors (Lipinski definition) is 0. The van der Waals surface area contributed by atoms with Gasteiger partial charge in [-0.15, -0.1) is 0 Å². The molecular formula is C26H45NV. The zero-order valence-corrected chi connectivity index (χ0v) is 21.2. The Morgan fingerprint density at radius 3 is 2.00 bits per heavy atom. The van der Waals surface area contributed by atoms with Crippen molar-refractivity contribution in [3.8, 4) is 0 Å². The van der Waals surface area contributed by atoms with Crippen molar-refractivity contribution < 1.29 is 18.6 Å². The number of piperidine rings is 2. The molecule has 0 N–H and O–H groups in total. The molecule has 2 aliphatic carbocycles. The molecule has 2 heterocycles. The van der Waals surface area contributed by atoms with Gasteiger partial charge >= 0.3 is 0 Å². The molecule has 1 aromatic carbocycles. The summed E-state index contributed by atoms with van der Waals surface area (Å²) < 4.78 is 0. The summed E-state index contributed by atoms with van der Waals surface area (Å²) in [6.45, 7) is 19.8. The van der Waals surface area contributed by atoms with Gasteiger partial charge in [0.05, 0.1) is 0 Å². The van der Waals surface area contributed by atoms with Crippen LogP contribution in [0.4, 0.5) is 0 Å². The molecule has 0 amide bonds. The van der Waals surface area contributed by atoms with Crippen molar-refractivity contribution in [2.75, 3.05) is 13.1 Å². The summed E-state index contributed by atoms with van der Waals surface area (Å²) >= 11 is 0. The molecule has 0 aromatic heterocycles. The van der Waals surface area contributed by atoms with E-state index in [0.717, 1.165) is 29.7 Å². The maximum atomic E-state index is 2.88. The fraction of sp³-hybridized carbons (Fsp3) is 0.769. The van der Waals surface area contributed by atoms with Crippen LogP contribution in [-0.2, 0) is 18.6 Å². The molecule has 4 aliphatic rings. The summed E-state index contributed by atoms with van der Waals surface area (Å²) in [4.78, 5) is 2.88. The van der Waals surface area contributed by atoms with Gasteiger partial charge in [0.1, 0.15) is 0 Å². The molecule has 5 atom stereocenters. The minimum absolute atomic E-state index is 0. The van der Waals surface area contributed by atoms with Gasteiger partial charge in [0.15, 0.2) is 0 Å². The Morgan fingerprint density at radius 1 is 0.821 bits per heavy atom. The Kier molecular flexibility index (Phi) is 10.4. The van der Waals surface area contributed by atoms with Gasteiger partial charge in [0, 0.05) is 24.6 Å². The Labute approximate surface area is 187 Å². The first kappa shape index (κ1) is 25.8. The molecule has 0 bridgehead atoms. The van der Waals surface area contributed by atoms with E-state index in [9.17, 15) is 0 Å². The van der Waals surface area contributed by atoms with E-state index in [2.05, 4.69) is 43.0 Å². The average molecular weight is 423 g/mol. The van der Waals surface area contributed by atoms with Crippen LogP contribution >= 0.6 is 0 Å². The van der Waals surface area contributed by atoms with Gasteiger partial charge in [-0.05, 0) is 79.0 Å². The molecule has 28 heavy (non-hydrogen) atoms. The summed E-state index contributed by atoms with van der Waals surface area (Å²) in [7, 11) is 0. The van der Waals surface area contributed by atoms with Crippen molar-refractivity contribution in [1.29, 1.82) is 0 Å². The van der Waals surface area contributed by atoms with Gasteiger partial charge in [0.2, 0.25) is 0 Å². The normalized spacial score (nSPS) is 33.1. The predicted molar refractivity (Wildman–Crippen MR) is 121 cm³/mol. The molecule has 1 saturated carbocycles. The van der Waals surface area contributed by atoms with Gasteiger partial charge in [-0.1, -0.05) is 79.7 Å². The molecule has 2 saturated heterocycles. The number of benzene rings is 1. The van der Waals surface area contributed by atoms with E-state index in [1.165, 1.54) is 38.8 Å². The zero-order chi connectivity index (χ0) is 20.2. The standard InChI is InChI=1S/C20H27N.3C2H6.V/c1-20(2)12-16-14-7-4-3-6-13(14)15-9-11-21-10-5-8-17(20)19(21)18(15)16;3*1-2;/h3-4,6-7,15-19H,5,8-12H2,1-2H3;3*1-2H3;. The van der Waals surface area contributed by atoms with Gasteiger partial charge in [-0.2, -0.15) is 0 Å². The smallest absolute Gasteiger partial charge is 0.0169 e. The van der Waals surface area contributed by atoms with Crippen LogP contribution in [-0.4, -0.2) is 24.0 Å². The Balaban J connectivity index is 0.000000516. The Morgan fingerprint density at radius 2 is 1.39 bits per heavy atom. The molecule has 159 valence electrons. The van der Waals surface area contributed by atoms with E-state index >= 15 is 0 Å². The zero-order valence-electron chi connectivity index (χ0n) is 19.8. The Hall–Kier alpha value is -0.236. The predicted octanol–water partition coefficient (Wildman–Crippen LogP) is 7.47. The van der Waals surface area contributed by atoms with Crippen molar-refractivity contribution in [1.82, 2.24) is 4.90 Å². The molecule has 1 radical (unpaired) electrons. The second kappa shape index (κ2) is 11.2. The topological polar surface area (TPSA) is 3.24 Å². The van der Waals surface area contributed by atoms with Crippen LogP contribution < -0.4 is 0 Å². The molecule has 5 rings (SSSR count). The maximum Gasteiger partial charge on any atom is 0.0169 e. The summed E-state index contributed by atoms with van der Waals surface area (Å²) in [5.41, 5.74) is 3.95. The van der Waals surface area contributed by atoms with E-state index in [1.807, 2.05) is 41.5 Å². The quantitative estimate of drug-likeness (QED) is 0.419. The van der Waals surface area contributed by atoms with E-state index in [1.54, 1.807) is 11.1 Å². The van der Waals surface area contributed by atoms with Crippen LogP contribution in [0.2, 0.25) is 0 Å². The van der Waals surface area contributed by atoms with Crippen LogP contribution in [0, 0.1) is 17.3 Å². The van der Waals surface area contributed by atoms with Crippen molar-refractivity contribution in [2.45, 2.75) is 99.0 Å². The van der Waals surface area contributed by atoms with Crippen LogP contribution in [0.15, 0.2) is 24.3 Å². The monoisotopic (exact) mass is 422 g/mol. The van der Waals surface area contributed by atoms with E-state index < -0.39 is 0 Å². The number of nitrogens with zero attached hydrogens (tertiary/aromatic N) is 1. The van der Waals surface area contributed by atoms with Crippen molar-refractivity contribution >= 4 is 0 Å². The molecule has 0 spiro atoms. The summed E-state index contributed by atoms with van der Waals surface area (Å²) in [5, 5.41) is 0. The summed E-state index contributed by atoms with van der Waals surface area (Å²) in [6, 6.07) is 10.3. The summed E-state index contributed by atoms with van der Waals surface area (Å²) in [5.74, 6) is 3.56. The molecule has 2 heteroatoms. The molecule has 1 aromatic rings. The van der Waals surface area contributed by atoms with E-state index in [-0.39, 0.29) is 18.6 Å². The third kappa shape index (κ3) is 4.28. The number of fused-ring (bicyclic) bond motifs is 3. The van der Waals surface area contributed by atoms with Crippen molar-refractivity contribution in [3.05, 3.63) is 35.4 Å². The largest absolute Gasteiger partial charge is 0.300 e. The first-order valence-electron chi connectivity index (χ1n) is 12.0. The second-order valence-electron chi connectivity index (χ2n) is 8.68. The molecular weight excluding hydrogens is 377 g/mol. The first-order chi connectivity index (χ1) is 13.2. The molecule has 1 nitrogen and oxygen atoms in total. The minimum Gasteiger partial charge on any atom is -0.300 e. The van der Waals surface area contributed by atoms with Crippen LogP contribution in [0.1, 0.15) is 104 Å². The minimum atomic E-state index is 0. The number of rotatable bonds is 0. The average Bonchev–Trinajstić information content (AvgIpc) is 3.06. The second-order valence-corrected chi connectivity index (χ2v) is 8.68. The van der Waals surface area contributed by atoms with Gasteiger partial charge in [-0.3, -0.25) is 4.90 Å². The molecule has 2 aliphatic heterocycles. The summed E-state index contributed by atoms with van der Waals surface area (Å²) in [6.07, 6.45) is 5.72. The number of hydrogen-bond acceptors (Lipinski definition) is 1. The third-order valence-electron chi connectivity index (χ3n) is 7.39. The van der Waals surface area contributed by atoms with E-state index in [0.29, 0.717) is 5.41 Å². The Bertz CT molecular complexity index is 582. The molecule has 5 unspecified atom stereocenters. The van der Waals surface area contributed by atoms with Crippen LogP contribution in [0.5, 0.6) is 0 Å². The van der Waals surface area contributed by atoms with Crippen LogP contribution in [0.3, 0.4) is 0 Å². The van der Waals surface area contributed by atoms with Crippen molar-refractivity contribution in [3.63, 3.8) is 0 Å².